The molecule has 0 aromatic carbocycles. The number of hydrogen-bond donors (Lipinski definition) is 2. The average molecular weight is 655 g/mol. The lowest BCUT2D eigenvalue weighted by Crippen LogP contribution is -2.29. The molecule has 0 saturated carbocycles. The summed E-state index contributed by atoms with van der Waals surface area (Å²) in [5.74, 6) is 6.62. The highest BCUT2D eigenvalue weighted by atomic mass is 16.4. The number of amides is 1. The van der Waals surface area contributed by atoms with E-state index in [9.17, 15) is 4.79 Å². The molecular formula is C40H86N4O2. The highest BCUT2D eigenvalue weighted by molar-refractivity contribution is 5.77. The van der Waals surface area contributed by atoms with Gasteiger partial charge in [-0.1, -0.05) is 171 Å². The first kappa shape index (κ1) is 51.4. The van der Waals surface area contributed by atoms with Crippen molar-refractivity contribution in [2.75, 3.05) is 6.54 Å². The Kier molecular flexibility index (Phi) is 35.9. The maximum absolute atomic E-state index is 11.0. The summed E-state index contributed by atoms with van der Waals surface area (Å²) in [5, 5.41) is 14.0. The van der Waals surface area contributed by atoms with E-state index in [2.05, 4.69) is 118 Å². The molecule has 6 heteroatoms. The Hall–Kier alpha value is -1.43. The summed E-state index contributed by atoms with van der Waals surface area (Å²) in [6.45, 7) is 44.0. The molecule has 278 valence electrons. The number of carbonyl (C=O) groups is 1. The molecule has 0 saturated heterocycles. The van der Waals surface area contributed by atoms with Crippen LogP contribution in [0.15, 0.2) is 4.42 Å². The zero-order valence-corrected chi connectivity index (χ0v) is 34.9. The van der Waals surface area contributed by atoms with Crippen molar-refractivity contribution < 1.29 is 9.21 Å². The zero-order valence-electron chi connectivity index (χ0n) is 34.9. The predicted molar refractivity (Wildman–Crippen MR) is 206 cm³/mol. The van der Waals surface area contributed by atoms with E-state index in [0.29, 0.717) is 29.8 Å². The third kappa shape index (κ3) is 44.7. The van der Waals surface area contributed by atoms with Gasteiger partial charge >= 0.3 is 0 Å². The molecule has 0 spiro atoms. The predicted octanol–water partition coefficient (Wildman–Crippen LogP) is 12.1. The Bertz CT molecular complexity index is 719. The summed E-state index contributed by atoms with van der Waals surface area (Å²) >= 11 is 0. The van der Waals surface area contributed by atoms with Crippen LogP contribution in [0.25, 0.3) is 0 Å². The van der Waals surface area contributed by atoms with E-state index in [1.54, 1.807) is 0 Å². The molecule has 0 aliphatic carbocycles. The number of nitrogens with zero attached hydrogens (tertiary/aromatic N) is 2. The number of aromatic nitrogens is 2. The molecule has 2 N–H and O–H groups in total. The van der Waals surface area contributed by atoms with Crippen LogP contribution in [0.2, 0.25) is 0 Å². The molecule has 1 aromatic heterocycles. The highest BCUT2D eigenvalue weighted by Gasteiger charge is 2.11. The molecular weight excluding hydrogens is 568 g/mol. The Morgan fingerprint density at radius 2 is 0.848 bits per heavy atom. The van der Waals surface area contributed by atoms with Crippen LogP contribution in [0.3, 0.4) is 0 Å². The van der Waals surface area contributed by atoms with Gasteiger partial charge in [-0.25, -0.2) is 0 Å². The van der Waals surface area contributed by atoms with E-state index < -0.39 is 0 Å². The first-order valence-electron chi connectivity index (χ1n) is 18.9. The summed E-state index contributed by atoms with van der Waals surface area (Å²) in [6, 6.07) is 1.25. The van der Waals surface area contributed by atoms with Gasteiger partial charge in [0, 0.05) is 36.4 Å². The standard InChI is InChI=1S/C9H19NO.C9H20.C8H14N2O.C8H18.C6H15N/c1-7(2)5-6-10-9(11)8(3)4;1-8(2)6-5-7-9(3)4;1-5(2)7-9-10-8(11-7)6(3)4;1-7(2)5-6-8(3)4;1-5(2)7-6(3)4/h7-8H,5-6H2,1-4H3,(H,10,11);8-9H,5-7H2,1-4H3;5-6H,1-4H3;7-8H,5-6H2,1-4H3;5-7H,1-4H3. The van der Waals surface area contributed by atoms with Gasteiger partial charge in [0.25, 0.3) is 0 Å². The van der Waals surface area contributed by atoms with Gasteiger partial charge in [-0.05, 0) is 36.0 Å². The van der Waals surface area contributed by atoms with Gasteiger partial charge in [0.1, 0.15) is 0 Å². The van der Waals surface area contributed by atoms with Crippen LogP contribution in [0.4, 0.5) is 0 Å². The van der Waals surface area contributed by atoms with Crippen LogP contribution in [0.5, 0.6) is 0 Å². The van der Waals surface area contributed by atoms with Crippen molar-refractivity contribution in [3.05, 3.63) is 11.8 Å². The number of hydrogen-bond acceptors (Lipinski definition) is 5. The summed E-state index contributed by atoms with van der Waals surface area (Å²) in [4.78, 5) is 11.0. The fraction of sp³-hybridized carbons (Fsp3) is 0.925. The first-order valence-corrected chi connectivity index (χ1v) is 18.9. The lowest BCUT2D eigenvalue weighted by atomic mass is 10.0. The Morgan fingerprint density at radius 3 is 1.04 bits per heavy atom. The van der Waals surface area contributed by atoms with Crippen LogP contribution in [0, 0.1) is 35.5 Å². The second-order valence-electron chi connectivity index (χ2n) is 16.5. The highest BCUT2D eigenvalue weighted by Crippen LogP contribution is 2.17. The molecule has 0 aliphatic heterocycles. The topological polar surface area (TPSA) is 80.0 Å². The first-order chi connectivity index (χ1) is 21.0. The molecule has 0 aliphatic rings. The van der Waals surface area contributed by atoms with Crippen molar-refractivity contribution in [2.45, 2.75) is 201 Å². The minimum Gasteiger partial charge on any atom is -0.425 e. The second-order valence-corrected chi connectivity index (χ2v) is 16.5. The van der Waals surface area contributed by atoms with Gasteiger partial charge in [-0.15, -0.1) is 10.2 Å². The molecule has 0 fully saturated rings. The smallest absolute Gasteiger partial charge is 0.222 e. The Balaban J connectivity index is -0.000000242. The van der Waals surface area contributed by atoms with E-state index in [1.807, 2.05) is 41.5 Å². The van der Waals surface area contributed by atoms with Crippen LogP contribution < -0.4 is 10.6 Å². The summed E-state index contributed by atoms with van der Waals surface area (Å²) in [6.07, 6.45) is 8.06. The largest absolute Gasteiger partial charge is 0.425 e. The van der Waals surface area contributed by atoms with Crippen molar-refractivity contribution in [1.29, 1.82) is 0 Å². The quantitative estimate of drug-likeness (QED) is 0.197. The van der Waals surface area contributed by atoms with Crippen LogP contribution in [-0.4, -0.2) is 34.7 Å². The third-order valence-corrected chi connectivity index (χ3v) is 6.54. The molecule has 0 atom stereocenters. The van der Waals surface area contributed by atoms with E-state index in [1.165, 1.54) is 32.1 Å². The van der Waals surface area contributed by atoms with Gasteiger partial charge < -0.3 is 15.1 Å². The molecule has 1 amide bonds. The van der Waals surface area contributed by atoms with Gasteiger partial charge in [0.2, 0.25) is 17.7 Å². The summed E-state index contributed by atoms with van der Waals surface area (Å²) in [7, 11) is 0. The number of nitrogens with one attached hydrogen (secondary N) is 2. The lowest BCUT2D eigenvalue weighted by Gasteiger charge is -2.10. The molecule has 0 bridgehead atoms. The fourth-order valence-electron chi connectivity index (χ4n) is 3.67. The fourth-order valence-corrected chi connectivity index (χ4v) is 3.67. The van der Waals surface area contributed by atoms with Crippen molar-refractivity contribution >= 4 is 5.91 Å². The summed E-state index contributed by atoms with van der Waals surface area (Å²) in [5.41, 5.74) is 0. The number of rotatable bonds is 15. The van der Waals surface area contributed by atoms with Crippen molar-refractivity contribution in [3.8, 4) is 0 Å². The molecule has 46 heavy (non-hydrogen) atoms. The monoisotopic (exact) mass is 655 g/mol. The van der Waals surface area contributed by atoms with E-state index in [4.69, 9.17) is 4.42 Å². The third-order valence-electron chi connectivity index (χ3n) is 6.54. The summed E-state index contributed by atoms with van der Waals surface area (Å²) < 4.78 is 5.38. The maximum atomic E-state index is 11.0. The zero-order chi connectivity index (χ0) is 37.0. The molecule has 1 aromatic rings. The molecule has 0 unspecified atom stereocenters. The van der Waals surface area contributed by atoms with E-state index in [0.717, 1.165) is 48.4 Å². The lowest BCUT2D eigenvalue weighted by molar-refractivity contribution is -0.124. The van der Waals surface area contributed by atoms with Gasteiger partial charge in [-0.2, -0.15) is 0 Å². The minimum absolute atomic E-state index is 0.113. The minimum atomic E-state index is 0.113. The molecule has 1 heterocycles. The van der Waals surface area contributed by atoms with E-state index in [-0.39, 0.29) is 11.8 Å². The normalized spacial score (nSPS) is 11.2. The van der Waals surface area contributed by atoms with Gasteiger partial charge in [0.15, 0.2) is 0 Å². The van der Waals surface area contributed by atoms with Crippen molar-refractivity contribution in [2.24, 2.45) is 35.5 Å². The Labute approximate surface area is 290 Å². The van der Waals surface area contributed by atoms with Gasteiger partial charge in [0.05, 0.1) is 0 Å². The van der Waals surface area contributed by atoms with Crippen LogP contribution in [0.1, 0.15) is 201 Å². The van der Waals surface area contributed by atoms with Gasteiger partial charge in [-0.3, -0.25) is 4.79 Å². The average Bonchev–Trinajstić information content (AvgIpc) is 3.39. The molecule has 6 nitrogen and oxygen atoms in total. The van der Waals surface area contributed by atoms with Crippen molar-refractivity contribution in [3.63, 3.8) is 0 Å². The van der Waals surface area contributed by atoms with Crippen LogP contribution in [-0.2, 0) is 4.79 Å². The number of carbonyl (C=O) groups excluding carboxylic acids is 1. The van der Waals surface area contributed by atoms with Crippen LogP contribution >= 0.6 is 0 Å². The second kappa shape index (κ2) is 32.1. The Morgan fingerprint density at radius 1 is 0.522 bits per heavy atom. The SMILES string of the molecule is CC(C)CCC(C)C.CC(C)CCCC(C)C.CC(C)CCNC(=O)C(C)C.CC(C)NC(C)C.CC(C)c1nnc(C(C)C)o1. The van der Waals surface area contributed by atoms with Crippen molar-refractivity contribution in [1.82, 2.24) is 20.8 Å². The maximum Gasteiger partial charge on any atom is 0.222 e. The van der Waals surface area contributed by atoms with E-state index >= 15 is 0 Å². The molecule has 0 radical (unpaired) electrons. The molecule has 1 rings (SSSR count).